The summed E-state index contributed by atoms with van der Waals surface area (Å²) in [6.45, 7) is 1.17. The average Bonchev–Trinajstić information content (AvgIpc) is 3.19. The molecule has 4 aromatic rings. The molecule has 0 aliphatic heterocycles. The van der Waals surface area contributed by atoms with Gasteiger partial charge in [-0.25, -0.2) is 4.98 Å². The lowest BCUT2D eigenvalue weighted by atomic mass is 10.1. The Hall–Kier alpha value is -3.80. The number of carbonyl (C=O) groups is 1. The fraction of sp³-hybridized carbons (Fsp3) is 0.231. The number of hydrogen-bond acceptors (Lipinski definition) is 4. The van der Waals surface area contributed by atoms with E-state index >= 15 is 0 Å². The van der Waals surface area contributed by atoms with Crippen LogP contribution in [0.5, 0.6) is 11.5 Å². The minimum atomic E-state index is -0.0705. The Morgan fingerprint density at radius 2 is 1.66 bits per heavy atom. The van der Waals surface area contributed by atoms with Crippen molar-refractivity contribution in [2.75, 3.05) is 14.2 Å². The topological polar surface area (TPSA) is 65.4 Å². The largest absolute Gasteiger partial charge is 0.493 e. The van der Waals surface area contributed by atoms with Crippen LogP contribution < -0.4 is 14.8 Å². The first-order valence-electron chi connectivity index (χ1n) is 10.6. The second-order valence-electron chi connectivity index (χ2n) is 7.55. The number of amides is 1. The van der Waals surface area contributed by atoms with Gasteiger partial charge in [0.1, 0.15) is 5.82 Å². The van der Waals surface area contributed by atoms with Crippen LogP contribution in [0.4, 0.5) is 0 Å². The minimum Gasteiger partial charge on any atom is -0.493 e. The summed E-state index contributed by atoms with van der Waals surface area (Å²) in [5.41, 5.74) is 4.14. The third-order valence-corrected chi connectivity index (χ3v) is 5.46. The molecule has 6 nitrogen and oxygen atoms in total. The molecule has 32 heavy (non-hydrogen) atoms. The molecule has 6 heteroatoms. The number of imidazole rings is 1. The maximum absolute atomic E-state index is 12.6. The van der Waals surface area contributed by atoms with E-state index in [0.29, 0.717) is 18.0 Å². The van der Waals surface area contributed by atoms with E-state index < -0.39 is 0 Å². The fourth-order valence-electron chi connectivity index (χ4n) is 3.81. The van der Waals surface area contributed by atoms with E-state index in [0.717, 1.165) is 35.4 Å². The molecule has 0 spiro atoms. The molecule has 0 radical (unpaired) electrons. The van der Waals surface area contributed by atoms with E-state index in [2.05, 4.69) is 40.2 Å². The number of methoxy groups -OCH3 is 2. The Morgan fingerprint density at radius 3 is 2.44 bits per heavy atom. The Balaban J connectivity index is 1.46. The molecule has 0 fully saturated rings. The predicted molar refractivity (Wildman–Crippen MR) is 125 cm³/mol. The van der Waals surface area contributed by atoms with Crippen LogP contribution in [0.2, 0.25) is 0 Å². The number of ether oxygens (including phenoxy) is 2. The van der Waals surface area contributed by atoms with Crippen molar-refractivity contribution in [1.82, 2.24) is 14.9 Å². The highest BCUT2D eigenvalue weighted by atomic mass is 16.5. The van der Waals surface area contributed by atoms with Gasteiger partial charge in [-0.05, 0) is 41.8 Å². The van der Waals surface area contributed by atoms with Crippen molar-refractivity contribution >= 4 is 16.9 Å². The standard InChI is InChI=1S/C26H27N3O3/c1-31-23-13-12-20(16-24(23)32-2)17-26(30)27-18-25-28-21-10-6-7-11-22(21)29(25)15-14-19-8-4-3-5-9-19/h3-13,16H,14-15,17-18H2,1-2H3,(H,27,30). The summed E-state index contributed by atoms with van der Waals surface area (Å²) in [7, 11) is 3.18. The second kappa shape index (κ2) is 10.0. The third-order valence-electron chi connectivity index (χ3n) is 5.46. The van der Waals surface area contributed by atoms with Crippen LogP contribution in [0.15, 0.2) is 72.8 Å². The first kappa shape index (κ1) is 21.4. The second-order valence-corrected chi connectivity index (χ2v) is 7.55. The van der Waals surface area contributed by atoms with Gasteiger partial charge in [0.2, 0.25) is 5.91 Å². The quantitative estimate of drug-likeness (QED) is 0.434. The lowest BCUT2D eigenvalue weighted by molar-refractivity contribution is -0.120. The summed E-state index contributed by atoms with van der Waals surface area (Å²) in [4.78, 5) is 17.4. The lowest BCUT2D eigenvalue weighted by Gasteiger charge is -2.11. The number of hydrogen-bond donors (Lipinski definition) is 1. The van der Waals surface area contributed by atoms with Crippen LogP contribution in [0.25, 0.3) is 11.0 Å². The minimum absolute atomic E-state index is 0.0705. The zero-order chi connectivity index (χ0) is 22.3. The molecule has 0 bridgehead atoms. The summed E-state index contributed by atoms with van der Waals surface area (Å²) in [5.74, 6) is 2.03. The van der Waals surface area contributed by atoms with Gasteiger partial charge in [-0.15, -0.1) is 0 Å². The number of aromatic nitrogens is 2. The van der Waals surface area contributed by atoms with Gasteiger partial charge in [0.15, 0.2) is 11.5 Å². The van der Waals surface area contributed by atoms with Crippen molar-refractivity contribution in [1.29, 1.82) is 0 Å². The Bertz CT molecular complexity index is 1200. The number of benzene rings is 3. The summed E-state index contributed by atoms with van der Waals surface area (Å²) < 4.78 is 12.8. The fourth-order valence-corrected chi connectivity index (χ4v) is 3.81. The number of para-hydroxylation sites is 2. The molecule has 0 aliphatic rings. The molecule has 3 aromatic carbocycles. The van der Waals surface area contributed by atoms with Crippen molar-refractivity contribution in [2.45, 2.75) is 25.9 Å². The molecule has 1 N–H and O–H groups in total. The van der Waals surface area contributed by atoms with Crippen LogP contribution in [0.3, 0.4) is 0 Å². The van der Waals surface area contributed by atoms with Crippen LogP contribution in [-0.2, 0) is 30.7 Å². The molecule has 4 rings (SSSR count). The van der Waals surface area contributed by atoms with Crippen molar-refractivity contribution in [3.05, 3.63) is 89.7 Å². The van der Waals surface area contributed by atoms with E-state index in [1.807, 2.05) is 42.5 Å². The van der Waals surface area contributed by atoms with E-state index in [4.69, 9.17) is 14.5 Å². The number of carbonyl (C=O) groups excluding carboxylic acids is 1. The predicted octanol–water partition coefficient (Wildman–Crippen LogP) is 4.16. The van der Waals surface area contributed by atoms with Gasteiger partial charge >= 0.3 is 0 Å². The average molecular weight is 430 g/mol. The molecule has 0 aliphatic carbocycles. The lowest BCUT2D eigenvalue weighted by Crippen LogP contribution is -2.26. The van der Waals surface area contributed by atoms with Gasteiger partial charge in [0.05, 0.1) is 38.2 Å². The Kier molecular flexibility index (Phi) is 6.70. The van der Waals surface area contributed by atoms with Gasteiger partial charge < -0.3 is 19.4 Å². The first-order chi connectivity index (χ1) is 15.7. The van der Waals surface area contributed by atoms with Crippen molar-refractivity contribution in [2.24, 2.45) is 0 Å². The van der Waals surface area contributed by atoms with Crippen LogP contribution in [0, 0.1) is 0 Å². The van der Waals surface area contributed by atoms with E-state index in [1.165, 1.54) is 5.56 Å². The molecule has 164 valence electrons. The van der Waals surface area contributed by atoms with Crippen molar-refractivity contribution in [3.8, 4) is 11.5 Å². The molecule has 1 heterocycles. The van der Waals surface area contributed by atoms with Crippen molar-refractivity contribution < 1.29 is 14.3 Å². The summed E-state index contributed by atoms with van der Waals surface area (Å²) >= 11 is 0. The zero-order valence-corrected chi connectivity index (χ0v) is 18.4. The number of fused-ring (bicyclic) bond motifs is 1. The zero-order valence-electron chi connectivity index (χ0n) is 18.4. The molecule has 0 saturated heterocycles. The van der Waals surface area contributed by atoms with E-state index in [-0.39, 0.29) is 12.3 Å². The Labute approximate surface area is 187 Å². The molecular formula is C26H27N3O3. The summed E-state index contributed by atoms with van der Waals surface area (Å²) in [6.07, 6.45) is 1.15. The SMILES string of the molecule is COc1ccc(CC(=O)NCc2nc3ccccc3n2CCc2ccccc2)cc1OC. The maximum atomic E-state index is 12.6. The number of nitrogens with one attached hydrogen (secondary N) is 1. The number of aryl methyl sites for hydroxylation is 2. The van der Waals surface area contributed by atoms with Crippen LogP contribution in [-0.4, -0.2) is 29.7 Å². The molecule has 0 saturated carbocycles. The number of nitrogens with zero attached hydrogens (tertiary/aromatic N) is 2. The normalized spacial score (nSPS) is 10.8. The van der Waals surface area contributed by atoms with Gasteiger partial charge in [-0.3, -0.25) is 4.79 Å². The maximum Gasteiger partial charge on any atom is 0.224 e. The van der Waals surface area contributed by atoms with Crippen LogP contribution in [0.1, 0.15) is 17.0 Å². The van der Waals surface area contributed by atoms with E-state index in [1.54, 1.807) is 14.2 Å². The van der Waals surface area contributed by atoms with Crippen molar-refractivity contribution in [3.63, 3.8) is 0 Å². The number of rotatable bonds is 9. The molecule has 0 unspecified atom stereocenters. The van der Waals surface area contributed by atoms with E-state index in [9.17, 15) is 4.79 Å². The highest BCUT2D eigenvalue weighted by Gasteiger charge is 2.13. The Morgan fingerprint density at radius 1 is 0.906 bits per heavy atom. The first-order valence-corrected chi connectivity index (χ1v) is 10.6. The van der Waals surface area contributed by atoms with Crippen LogP contribution >= 0.6 is 0 Å². The molecular weight excluding hydrogens is 402 g/mol. The monoisotopic (exact) mass is 429 g/mol. The van der Waals surface area contributed by atoms with Gasteiger partial charge in [-0.2, -0.15) is 0 Å². The molecule has 1 amide bonds. The molecule has 1 aromatic heterocycles. The molecule has 0 atom stereocenters. The highest BCUT2D eigenvalue weighted by molar-refractivity contribution is 5.79. The summed E-state index contributed by atoms with van der Waals surface area (Å²) in [6, 6.07) is 24.0. The summed E-state index contributed by atoms with van der Waals surface area (Å²) in [5, 5.41) is 3.02. The highest BCUT2D eigenvalue weighted by Crippen LogP contribution is 2.27. The van der Waals surface area contributed by atoms with Gasteiger partial charge in [0, 0.05) is 6.54 Å². The smallest absolute Gasteiger partial charge is 0.224 e. The third kappa shape index (κ3) is 4.91. The van der Waals surface area contributed by atoms with Gasteiger partial charge in [-0.1, -0.05) is 48.5 Å². The van der Waals surface area contributed by atoms with Gasteiger partial charge in [0.25, 0.3) is 0 Å².